The second-order valence-corrected chi connectivity index (χ2v) is 9.05. The zero-order chi connectivity index (χ0) is 21.4. The number of sulfone groups is 1. The van der Waals surface area contributed by atoms with E-state index in [0.717, 1.165) is 5.56 Å². The third-order valence-electron chi connectivity index (χ3n) is 4.76. The molecule has 0 aliphatic carbocycles. The summed E-state index contributed by atoms with van der Waals surface area (Å²) in [5.41, 5.74) is 3.32. The molecule has 0 atom stereocenters. The lowest BCUT2D eigenvalue weighted by Gasteiger charge is -2.06. The first-order chi connectivity index (χ1) is 15.0. The van der Waals surface area contributed by atoms with Gasteiger partial charge in [-0.25, -0.2) is 12.9 Å². The number of hydrogen-bond donors (Lipinski definition) is 0. The highest BCUT2D eigenvalue weighted by Crippen LogP contribution is 2.34. The van der Waals surface area contributed by atoms with Crippen molar-refractivity contribution in [1.29, 1.82) is 0 Å². The fraction of sp³-hybridized carbons (Fsp3) is 0. The summed E-state index contributed by atoms with van der Waals surface area (Å²) in [5.74, 6) is 0. The zero-order valence-corrected chi connectivity index (χ0v) is 17.5. The summed E-state index contributed by atoms with van der Waals surface area (Å²) in [6, 6.07) is 18.5. The molecular formula is C22H14ClN5O2S. The van der Waals surface area contributed by atoms with Crippen LogP contribution in [0, 0.1) is 0 Å². The minimum absolute atomic E-state index is 0.124. The van der Waals surface area contributed by atoms with Crippen LogP contribution in [-0.4, -0.2) is 33.2 Å². The van der Waals surface area contributed by atoms with E-state index in [-0.39, 0.29) is 9.92 Å². The van der Waals surface area contributed by atoms with E-state index < -0.39 is 9.84 Å². The van der Waals surface area contributed by atoms with Crippen molar-refractivity contribution < 1.29 is 8.42 Å². The average Bonchev–Trinajstić information content (AvgIpc) is 3.19. The Morgan fingerprint density at radius 3 is 2.48 bits per heavy atom. The Labute approximate surface area is 182 Å². The van der Waals surface area contributed by atoms with Crippen LogP contribution in [0.2, 0.25) is 5.02 Å². The van der Waals surface area contributed by atoms with E-state index in [9.17, 15) is 8.42 Å². The SMILES string of the molecule is O=S(=O)(c1ccccc1)c1ccc(-c2c(-c3cccc(Cl)c3)nn3ccncc23)nn1. The van der Waals surface area contributed by atoms with E-state index in [1.165, 1.54) is 18.2 Å². The Balaban J connectivity index is 1.66. The summed E-state index contributed by atoms with van der Waals surface area (Å²) < 4.78 is 27.3. The van der Waals surface area contributed by atoms with E-state index in [0.29, 0.717) is 27.5 Å². The van der Waals surface area contributed by atoms with Crippen molar-refractivity contribution in [2.24, 2.45) is 0 Å². The number of benzene rings is 2. The summed E-state index contributed by atoms with van der Waals surface area (Å²) in [7, 11) is -3.76. The summed E-state index contributed by atoms with van der Waals surface area (Å²) in [6.45, 7) is 0. The summed E-state index contributed by atoms with van der Waals surface area (Å²) in [6.07, 6.45) is 5.04. The van der Waals surface area contributed by atoms with Gasteiger partial charge in [-0.05, 0) is 36.4 Å². The maximum atomic E-state index is 12.8. The van der Waals surface area contributed by atoms with Gasteiger partial charge in [-0.3, -0.25) is 4.98 Å². The van der Waals surface area contributed by atoms with Crippen LogP contribution < -0.4 is 0 Å². The first-order valence-corrected chi connectivity index (χ1v) is 11.1. The van der Waals surface area contributed by atoms with Crippen LogP contribution in [0.3, 0.4) is 0 Å². The van der Waals surface area contributed by atoms with E-state index in [4.69, 9.17) is 11.6 Å². The minimum Gasteiger partial charge on any atom is -0.261 e. The molecule has 0 aliphatic rings. The topological polar surface area (TPSA) is 90.1 Å². The van der Waals surface area contributed by atoms with E-state index in [1.807, 2.05) is 18.2 Å². The predicted octanol–water partition coefficient (Wildman–Crippen LogP) is 4.34. The van der Waals surface area contributed by atoms with Crippen molar-refractivity contribution in [3.05, 3.63) is 90.3 Å². The molecule has 0 spiro atoms. The molecule has 152 valence electrons. The van der Waals surface area contributed by atoms with Crippen molar-refractivity contribution in [3.63, 3.8) is 0 Å². The minimum atomic E-state index is -3.76. The van der Waals surface area contributed by atoms with Crippen LogP contribution in [0.4, 0.5) is 0 Å². The molecule has 31 heavy (non-hydrogen) atoms. The van der Waals surface area contributed by atoms with Crippen LogP contribution in [0.1, 0.15) is 0 Å². The second-order valence-electron chi connectivity index (χ2n) is 6.71. The molecule has 0 radical (unpaired) electrons. The normalized spacial score (nSPS) is 11.6. The van der Waals surface area contributed by atoms with Gasteiger partial charge < -0.3 is 0 Å². The Morgan fingerprint density at radius 2 is 1.74 bits per heavy atom. The van der Waals surface area contributed by atoms with E-state index in [1.54, 1.807) is 53.4 Å². The molecule has 9 heteroatoms. The Kier molecular flexibility index (Phi) is 4.72. The molecule has 5 rings (SSSR count). The van der Waals surface area contributed by atoms with Gasteiger partial charge in [-0.1, -0.05) is 41.9 Å². The van der Waals surface area contributed by atoms with Crippen LogP contribution in [0.25, 0.3) is 28.0 Å². The first-order valence-electron chi connectivity index (χ1n) is 9.26. The summed E-state index contributed by atoms with van der Waals surface area (Å²) in [5, 5.41) is 13.4. The third kappa shape index (κ3) is 3.45. The molecule has 0 N–H and O–H groups in total. The van der Waals surface area contributed by atoms with Gasteiger partial charge >= 0.3 is 0 Å². The monoisotopic (exact) mass is 447 g/mol. The van der Waals surface area contributed by atoms with Crippen molar-refractivity contribution in [2.45, 2.75) is 9.92 Å². The first kappa shape index (κ1) is 19.3. The lowest BCUT2D eigenvalue weighted by atomic mass is 10.0. The number of rotatable bonds is 4. The fourth-order valence-electron chi connectivity index (χ4n) is 3.31. The standard InChI is InChI=1S/C22H14ClN5O2S/c23-16-6-4-5-15(13-16)22-21(19-14-24-11-12-28(19)27-22)18-9-10-20(26-25-18)31(29,30)17-7-2-1-3-8-17/h1-14H. The lowest BCUT2D eigenvalue weighted by Crippen LogP contribution is -2.05. The molecule has 0 fully saturated rings. The molecule has 0 aliphatic heterocycles. The zero-order valence-electron chi connectivity index (χ0n) is 15.9. The molecule has 3 heterocycles. The summed E-state index contributed by atoms with van der Waals surface area (Å²) >= 11 is 6.18. The van der Waals surface area contributed by atoms with Gasteiger partial charge in [0.15, 0.2) is 5.03 Å². The van der Waals surface area contributed by atoms with Crippen molar-refractivity contribution in [3.8, 4) is 22.5 Å². The largest absolute Gasteiger partial charge is 0.261 e. The quantitative estimate of drug-likeness (QED) is 0.407. The van der Waals surface area contributed by atoms with Gasteiger partial charge in [0.05, 0.1) is 27.9 Å². The maximum absolute atomic E-state index is 12.8. The van der Waals surface area contributed by atoms with Gasteiger partial charge in [0, 0.05) is 23.0 Å². The van der Waals surface area contributed by atoms with Gasteiger partial charge in [0.1, 0.15) is 5.69 Å². The molecule has 0 saturated carbocycles. The Bertz CT molecular complexity index is 1500. The molecule has 2 aromatic carbocycles. The Hall–Kier alpha value is -3.62. The predicted molar refractivity (Wildman–Crippen MR) is 116 cm³/mol. The van der Waals surface area contributed by atoms with Crippen LogP contribution in [0.15, 0.2) is 95.2 Å². The van der Waals surface area contributed by atoms with E-state index >= 15 is 0 Å². The summed E-state index contributed by atoms with van der Waals surface area (Å²) in [4.78, 5) is 4.35. The van der Waals surface area contributed by atoms with Crippen molar-refractivity contribution >= 4 is 27.0 Å². The molecule has 0 unspecified atom stereocenters. The molecule has 0 bridgehead atoms. The van der Waals surface area contributed by atoms with Crippen LogP contribution in [-0.2, 0) is 9.84 Å². The highest BCUT2D eigenvalue weighted by molar-refractivity contribution is 7.91. The number of halogens is 1. The van der Waals surface area contributed by atoms with Crippen LogP contribution >= 0.6 is 11.6 Å². The molecule has 0 saturated heterocycles. The Morgan fingerprint density at radius 1 is 0.903 bits per heavy atom. The fourth-order valence-corrected chi connectivity index (χ4v) is 4.65. The van der Waals surface area contributed by atoms with Gasteiger partial charge in [0.25, 0.3) is 0 Å². The highest BCUT2D eigenvalue weighted by Gasteiger charge is 2.22. The highest BCUT2D eigenvalue weighted by atomic mass is 35.5. The maximum Gasteiger partial charge on any atom is 0.225 e. The molecule has 3 aromatic heterocycles. The lowest BCUT2D eigenvalue weighted by molar-refractivity contribution is 0.590. The second kappa shape index (κ2) is 7.57. The van der Waals surface area contributed by atoms with E-state index in [2.05, 4.69) is 20.3 Å². The smallest absolute Gasteiger partial charge is 0.225 e. The average molecular weight is 448 g/mol. The molecule has 0 amide bonds. The number of hydrogen-bond acceptors (Lipinski definition) is 6. The molecular weight excluding hydrogens is 434 g/mol. The number of fused-ring (bicyclic) bond motifs is 1. The van der Waals surface area contributed by atoms with Crippen molar-refractivity contribution in [2.75, 3.05) is 0 Å². The van der Waals surface area contributed by atoms with Crippen molar-refractivity contribution in [1.82, 2.24) is 24.8 Å². The number of nitrogens with zero attached hydrogens (tertiary/aromatic N) is 5. The van der Waals surface area contributed by atoms with Gasteiger partial charge in [-0.15, -0.1) is 10.2 Å². The van der Waals surface area contributed by atoms with Gasteiger partial charge in [0.2, 0.25) is 9.84 Å². The number of aromatic nitrogens is 5. The third-order valence-corrected chi connectivity index (χ3v) is 6.66. The molecule has 5 aromatic rings. The van der Waals surface area contributed by atoms with Gasteiger partial charge in [-0.2, -0.15) is 5.10 Å². The molecule has 7 nitrogen and oxygen atoms in total. The van der Waals surface area contributed by atoms with Crippen LogP contribution in [0.5, 0.6) is 0 Å².